The van der Waals surface area contributed by atoms with E-state index < -0.39 is 6.04 Å². The van der Waals surface area contributed by atoms with Gasteiger partial charge in [-0.1, -0.05) is 66.2 Å². The van der Waals surface area contributed by atoms with E-state index in [1.54, 1.807) is 28.9 Å². The average molecular weight is 437 g/mol. The quantitative estimate of drug-likeness (QED) is 0.499. The zero-order chi connectivity index (χ0) is 22.9. The number of aromatic nitrogens is 2. The van der Waals surface area contributed by atoms with E-state index in [2.05, 4.69) is 10.6 Å². The first kappa shape index (κ1) is 20.7. The molecule has 33 heavy (non-hydrogen) atoms. The first-order valence-electron chi connectivity index (χ1n) is 10.9. The highest BCUT2D eigenvalue weighted by Crippen LogP contribution is 2.40. The van der Waals surface area contributed by atoms with Crippen LogP contribution >= 0.6 is 0 Å². The Morgan fingerprint density at radius 3 is 2.21 bits per heavy atom. The van der Waals surface area contributed by atoms with Crippen LogP contribution in [0, 0.1) is 13.8 Å². The number of nitrogens with one attached hydrogen (secondary N) is 2. The summed E-state index contributed by atoms with van der Waals surface area (Å²) in [6, 6.07) is 25.9. The third-order valence-electron chi connectivity index (χ3n) is 6.03. The second-order valence-electron chi connectivity index (χ2n) is 8.29. The molecule has 2 atom stereocenters. The van der Waals surface area contributed by atoms with E-state index in [1.807, 2.05) is 74.5 Å². The van der Waals surface area contributed by atoms with Crippen molar-refractivity contribution < 1.29 is 9.59 Å². The fourth-order valence-corrected chi connectivity index (χ4v) is 4.40. The first-order valence-corrected chi connectivity index (χ1v) is 10.9. The molecule has 4 aromatic rings. The van der Waals surface area contributed by atoms with Gasteiger partial charge in [0, 0.05) is 17.0 Å². The molecule has 2 heterocycles. The molecule has 1 aromatic heterocycles. The lowest BCUT2D eigenvalue weighted by Crippen LogP contribution is -2.50. The van der Waals surface area contributed by atoms with Gasteiger partial charge in [0.25, 0.3) is 5.91 Å². The monoisotopic (exact) mass is 436 g/mol. The van der Waals surface area contributed by atoms with Gasteiger partial charge in [0.1, 0.15) is 11.9 Å². The van der Waals surface area contributed by atoms with Crippen molar-refractivity contribution in [3.8, 4) is 5.69 Å². The standard InChI is InChI=1S/C27H24N4O2/c1-17-13-15-21(16-14-17)31-25-22(18(2)30-31)23(19-9-5-3-6-10-19)24(27(33)29-25)28-26(32)20-11-7-4-8-12-20/h3-16,23-24H,1-2H3,(H,28,32)(H,29,33)/t23-,24+/m1/s1. The molecule has 0 spiro atoms. The zero-order valence-corrected chi connectivity index (χ0v) is 18.4. The molecule has 164 valence electrons. The van der Waals surface area contributed by atoms with Crippen LogP contribution in [-0.2, 0) is 4.79 Å². The number of benzene rings is 3. The Morgan fingerprint density at radius 1 is 0.909 bits per heavy atom. The predicted octanol–water partition coefficient (Wildman–Crippen LogP) is 4.37. The van der Waals surface area contributed by atoms with Gasteiger partial charge in [-0.25, -0.2) is 4.68 Å². The van der Waals surface area contributed by atoms with Crippen LogP contribution in [0.25, 0.3) is 5.69 Å². The number of hydrogen-bond donors (Lipinski definition) is 2. The lowest BCUT2D eigenvalue weighted by atomic mass is 9.82. The summed E-state index contributed by atoms with van der Waals surface area (Å²) in [5.41, 5.74) is 5.17. The number of hydrogen-bond acceptors (Lipinski definition) is 3. The molecule has 0 radical (unpaired) electrons. The molecule has 0 saturated heterocycles. The van der Waals surface area contributed by atoms with E-state index in [0.717, 1.165) is 28.1 Å². The van der Waals surface area contributed by atoms with E-state index >= 15 is 0 Å². The van der Waals surface area contributed by atoms with E-state index in [4.69, 9.17) is 5.10 Å². The van der Waals surface area contributed by atoms with Gasteiger partial charge in [-0.15, -0.1) is 0 Å². The van der Waals surface area contributed by atoms with Crippen LogP contribution in [0.1, 0.15) is 38.7 Å². The summed E-state index contributed by atoms with van der Waals surface area (Å²) in [6.45, 7) is 3.97. The second kappa shape index (κ2) is 8.39. The molecule has 6 nitrogen and oxygen atoms in total. The SMILES string of the molecule is Cc1ccc(-n2nc(C)c3c2NC(=O)[C@@H](NC(=O)c2ccccc2)[C@@H]3c2ccccc2)cc1. The van der Waals surface area contributed by atoms with Gasteiger partial charge in [0.05, 0.1) is 11.4 Å². The van der Waals surface area contributed by atoms with Crippen LogP contribution in [-0.4, -0.2) is 27.6 Å². The summed E-state index contributed by atoms with van der Waals surface area (Å²) in [7, 11) is 0. The lowest BCUT2D eigenvalue weighted by Gasteiger charge is -2.32. The fourth-order valence-electron chi connectivity index (χ4n) is 4.40. The molecule has 0 unspecified atom stereocenters. The first-order chi connectivity index (χ1) is 16.0. The van der Waals surface area contributed by atoms with Gasteiger partial charge in [-0.05, 0) is 43.7 Å². The lowest BCUT2D eigenvalue weighted by molar-refractivity contribution is -0.118. The third-order valence-corrected chi connectivity index (χ3v) is 6.03. The van der Waals surface area contributed by atoms with Crippen molar-refractivity contribution in [2.45, 2.75) is 25.8 Å². The molecule has 2 N–H and O–H groups in total. The van der Waals surface area contributed by atoms with E-state index in [-0.39, 0.29) is 17.7 Å². The molecule has 5 rings (SSSR count). The summed E-state index contributed by atoms with van der Waals surface area (Å²) < 4.78 is 1.77. The van der Waals surface area contributed by atoms with E-state index in [1.165, 1.54) is 0 Å². The Hall–Kier alpha value is -4.19. The fraction of sp³-hybridized carbons (Fsp3) is 0.148. The number of nitrogens with zero attached hydrogens (tertiary/aromatic N) is 2. The van der Waals surface area contributed by atoms with Crippen LogP contribution in [0.2, 0.25) is 0 Å². The summed E-state index contributed by atoms with van der Waals surface area (Å²) in [5.74, 6) is -0.292. The predicted molar refractivity (Wildman–Crippen MR) is 128 cm³/mol. The number of aryl methyl sites for hydroxylation is 2. The summed E-state index contributed by atoms with van der Waals surface area (Å²) in [5, 5.41) is 10.7. The van der Waals surface area contributed by atoms with Crippen LogP contribution in [0.4, 0.5) is 5.82 Å². The summed E-state index contributed by atoms with van der Waals surface area (Å²) >= 11 is 0. The third kappa shape index (κ3) is 3.80. The Balaban J connectivity index is 1.62. The largest absolute Gasteiger partial charge is 0.339 e. The highest BCUT2D eigenvalue weighted by atomic mass is 16.2. The van der Waals surface area contributed by atoms with Crippen molar-refractivity contribution in [1.29, 1.82) is 0 Å². The van der Waals surface area contributed by atoms with Gasteiger partial charge < -0.3 is 10.6 Å². The maximum Gasteiger partial charge on any atom is 0.251 e. The minimum absolute atomic E-state index is 0.270. The maximum absolute atomic E-state index is 13.4. The minimum atomic E-state index is -0.776. The number of carbonyl (C=O) groups is 2. The van der Waals surface area contributed by atoms with Crippen molar-refractivity contribution in [2.75, 3.05) is 5.32 Å². The molecule has 0 aliphatic carbocycles. The molecule has 0 saturated carbocycles. The van der Waals surface area contributed by atoms with Crippen molar-refractivity contribution in [3.63, 3.8) is 0 Å². The Labute approximate surface area is 192 Å². The van der Waals surface area contributed by atoms with Crippen LogP contribution in [0.3, 0.4) is 0 Å². The number of anilines is 1. The van der Waals surface area contributed by atoms with Gasteiger partial charge in [-0.2, -0.15) is 5.10 Å². The van der Waals surface area contributed by atoms with E-state index in [0.29, 0.717) is 11.4 Å². The second-order valence-corrected chi connectivity index (χ2v) is 8.29. The highest BCUT2D eigenvalue weighted by molar-refractivity contribution is 6.04. The number of carbonyl (C=O) groups excluding carboxylic acids is 2. The Morgan fingerprint density at radius 2 is 1.55 bits per heavy atom. The molecule has 1 aliphatic heterocycles. The molecular weight excluding hydrogens is 412 g/mol. The Kier molecular flexibility index (Phi) is 5.26. The van der Waals surface area contributed by atoms with Crippen molar-refractivity contribution in [3.05, 3.63) is 113 Å². The molecule has 2 amide bonds. The Bertz CT molecular complexity index is 1310. The molecule has 0 bridgehead atoms. The zero-order valence-electron chi connectivity index (χ0n) is 18.4. The van der Waals surface area contributed by atoms with Crippen molar-refractivity contribution >= 4 is 17.6 Å². The van der Waals surface area contributed by atoms with Gasteiger partial charge >= 0.3 is 0 Å². The molecule has 3 aromatic carbocycles. The minimum Gasteiger partial charge on any atom is -0.339 e. The van der Waals surface area contributed by atoms with Crippen molar-refractivity contribution in [2.24, 2.45) is 0 Å². The molecule has 1 aliphatic rings. The van der Waals surface area contributed by atoms with Gasteiger partial charge in [0.2, 0.25) is 5.91 Å². The van der Waals surface area contributed by atoms with Crippen molar-refractivity contribution in [1.82, 2.24) is 15.1 Å². The van der Waals surface area contributed by atoms with Crippen LogP contribution in [0.15, 0.2) is 84.9 Å². The number of fused-ring (bicyclic) bond motifs is 1. The number of rotatable bonds is 4. The normalized spacial score (nSPS) is 17.2. The van der Waals surface area contributed by atoms with Crippen LogP contribution in [0.5, 0.6) is 0 Å². The topological polar surface area (TPSA) is 76.0 Å². The summed E-state index contributed by atoms with van der Waals surface area (Å²) in [4.78, 5) is 26.4. The summed E-state index contributed by atoms with van der Waals surface area (Å²) in [6.07, 6.45) is 0. The van der Waals surface area contributed by atoms with E-state index in [9.17, 15) is 9.59 Å². The van der Waals surface area contributed by atoms with Gasteiger partial charge in [-0.3, -0.25) is 9.59 Å². The van der Waals surface area contributed by atoms with Crippen LogP contribution < -0.4 is 10.6 Å². The smallest absolute Gasteiger partial charge is 0.251 e. The number of amides is 2. The highest BCUT2D eigenvalue weighted by Gasteiger charge is 2.41. The molecule has 0 fully saturated rings. The molecular formula is C27H24N4O2. The van der Waals surface area contributed by atoms with Gasteiger partial charge in [0.15, 0.2) is 0 Å². The maximum atomic E-state index is 13.4. The molecule has 6 heteroatoms. The average Bonchev–Trinajstić information content (AvgIpc) is 3.16.